The van der Waals surface area contributed by atoms with Gasteiger partial charge in [0.05, 0.1) is 5.60 Å². The van der Waals surface area contributed by atoms with Gasteiger partial charge in [-0.1, -0.05) is 33.6 Å². The molecule has 0 radical (unpaired) electrons. The van der Waals surface area contributed by atoms with Gasteiger partial charge in [-0.05, 0) is 51.1 Å². The number of rotatable bonds is 6. The van der Waals surface area contributed by atoms with Gasteiger partial charge in [0.15, 0.2) is 0 Å². The van der Waals surface area contributed by atoms with Crippen LogP contribution in [-0.4, -0.2) is 35.2 Å². The molecule has 102 valence electrons. The van der Waals surface area contributed by atoms with Crippen molar-refractivity contribution in [1.82, 2.24) is 4.90 Å². The minimum Gasteiger partial charge on any atom is -0.390 e. The van der Waals surface area contributed by atoms with E-state index in [2.05, 4.69) is 25.7 Å². The van der Waals surface area contributed by atoms with Gasteiger partial charge in [-0.3, -0.25) is 0 Å². The molecule has 2 heteroatoms. The van der Waals surface area contributed by atoms with E-state index in [-0.39, 0.29) is 5.60 Å². The highest BCUT2D eigenvalue weighted by molar-refractivity contribution is 4.83. The van der Waals surface area contributed by atoms with Gasteiger partial charge in [0.1, 0.15) is 0 Å². The molecule has 0 spiro atoms. The summed E-state index contributed by atoms with van der Waals surface area (Å²) in [5.74, 6) is 0.765. The summed E-state index contributed by atoms with van der Waals surface area (Å²) in [5, 5.41) is 10.6. The summed E-state index contributed by atoms with van der Waals surface area (Å²) in [6.07, 6.45) is 7.81. The number of hydrogen-bond acceptors (Lipinski definition) is 2. The van der Waals surface area contributed by atoms with E-state index in [9.17, 15) is 5.11 Å². The van der Waals surface area contributed by atoms with Gasteiger partial charge in [0.25, 0.3) is 0 Å². The Bertz CT molecular complexity index is 205. The highest BCUT2D eigenvalue weighted by atomic mass is 16.3. The van der Waals surface area contributed by atoms with E-state index in [0.29, 0.717) is 0 Å². The van der Waals surface area contributed by atoms with Gasteiger partial charge in [-0.15, -0.1) is 0 Å². The Morgan fingerprint density at radius 2 is 2.00 bits per heavy atom. The normalized spacial score (nSPS) is 27.4. The first-order valence-corrected chi connectivity index (χ1v) is 7.50. The molecule has 0 aromatic rings. The van der Waals surface area contributed by atoms with Gasteiger partial charge in [-0.25, -0.2) is 0 Å². The number of aliphatic hydroxyl groups is 1. The van der Waals surface area contributed by atoms with E-state index < -0.39 is 0 Å². The Balaban J connectivity index is 2.32. The quantitative estimate of drug-likeness (QED) is 0.770. The van der Waals surface area contributed by atoms with Crippen molar-refractivity contribution in [2.75, 3.05) is 19.6 Å². The molecule has 17 heavy (non-hydrogen) atoms. The van der Waals surface area contributed by atoms with E-state index >= 15 is 0 Å². The fraction of sp³-hybridized carbons (Fsp3) is 1.00. The molecule has 1 N–H and O–H groups in total. The Hall–Kier alpha value is -0.0800. The van der Waals surface area contributed by atoms with Crippen molar-refractivity contribution in [2.45, 2.75) is 71.3 Å². The third-order valence-corrected chi connectivity index (χ3v) is 3.97. The van der Waals surface area contributed by atoms with Gasteiger partial charge in [-0.2, -0.15) is 0 Å². The first-order chi connectivity index (χ1) is 8.06. The van der Waals surface area contributed by atoms with Crippen molar-refractivity contribution >= 4 is 0 Å². The zero-order valence-electron chi connectivity index (χ0n) is 12.0. The summed E-state index contributed by atoms with van der Waals surface area (Å²) in [6, 6.07) is 0. The smallest absolute Gasteiger partial charge is 0.0660 e. The molecule has 2 nitrogen and oxygen atoms in total. The van der Waals surface area contributed by atoms with Crippen LogP contribution in [0.3, 0.4) is 0 Å². The molecule has 0 aromatic carbocycles. The Labute approximate surface area is 107 Å². The van der Waals surface area contributed by atoms with Crippen molar-refractivity contribution in [2.24, 2.45) is 5.92 Å². The summed E-state index contributed by atoms with van der Waals surface area (Å²) < 4.78 is 0. The third kappa shape index (κ3) is 5.87. The molecule has 0 aliphatic carbocycles. The summed E-state index contributed by atoms with van der Waals surface area (Å²) >= 11 is 0. The maximum Gasteiger partial charge on any atom is 0.0660 e. The molecule has 1 saturated heterocycles. The van der Waals surface area contributed by atoms with E-state index in [1.165, 1.54) is 32.4 Å². The molecule has 1 rings (SSSR count). The molecular formula is C15H31NO. The van der Waals surface area contributed by atoms with Crippen molar-refractivity contribution < 1.29 is 5.11 Å². The summed E-state index contributed by atoms with van der Waals surface area (Å²) in [7, 11) is 0. The average Bonchev–Trinajstić information content (AvgIpc) is 2.42. The molecule has 1 atom stereocenters. The molecule has 1 aliphatic rings. The Morgan fingerprint density at radius 1 is 1.24 bits per heavy atom. The molecule has 1 heterocycles. The SMILES string of the molecule is CCCN1CCCC(O)(CCCC(C)C)CC1. The number of nitrogens with zero attached hydrogens (tertiary/aromatic N) is 1. The maximum absolute atomic E-state index is 10.6. The molecule has 1 aliphatic heterocycles. The van der Waals surface area contributed by atoms with Crippen LogP contribution < -0.4 is 0 Å². The van der Waals surface area contributed by atoms with E-state index in [0.717, 1.165) is 38.1 Å². The monoisotopic (exact) mass is 241 g/mol. The molecule has 0 amide bonds. The lowest BCUT2D eigenvalue weighted by molar-refractivity contribution is 0.0140. The van der Waals surface area contributed by atoms with E-state index in [4.69, 9.17) is 0 Å². The fourth-order valence-corrected chi connectivity index (χ4v) is 2.86. The lowest BCUT2D eigenvalue weighted by Gasteiger charge is -2.27. The van der Waals surface area contributed by atoms with E-state index in [1.54, 1.807) is 0 Å². The van der Waals surface area contributed by atoms with E-state index in [1.807, 2.05) is 0 Å². The summed E-state index contributed by atoms with van der Waals surface area (Å²) in [4.78, 5) is 2.51. The number of likely N-dealkylation sites (tertiary alicyclic amines) is 1. The molecule has 1 unspecified atom stereocenters. The molecule has 0 aromatic heterocycles. The van der Waals surface area contributed by atoms with Crippen molar-refractivity contribution in [3.8, 4) is 0 Å². The minimum absolute atomic E-state index is 0.364. The van der Waals surface area contributed by atoms with Crippen LogP contribution in [0.5, 0.6) is 0 Å². The first-order valence-electron chi connectivity index (χ1n) is 7.50. The zero-order valence-corrected chi connectivity index (χ0v) is 12.0. The largest absolute Gasteiger partial charge is 0.390 e. The second-order valence-electron chi connectivity index (χ2n) is 6.21. The summed E-state index contributed by atoms with van der Waals surface area (Å²) in [5.41, 5.74) is -0.364. The molecule has 1 fully saturated rings. The fourth-order valence-electron chi connectivity index (χ4n) is 2.86. The first kappa shape index (κ1) is 15.0. The van der Waals surface area contributed by atoms with Crippen LogP contribution in [0.25, 0.3) is 0 Å². The van der Waals surface area contributed by atoms with Gasteiger partial charge in [0.2, 0.25) is 0 Å². The molecular weight excluding hydrogens is 210 g/mol. The zero-order chi connectivity index (χ0) is 12.7. The van der Waals surface area contributed by atoms with Crippen LogP contribution in [0.1, 0.15) is 65.7 Å². The third-order valence-electron chi connectivity index (χ3n) is 3.97. The van der Waals surface area contributed by atoms with Crippen LogP contribution in [0, 0.1) is 5.92 Å². The van der Waals surface area contributed by atoms with Gasteiger partial charge < -0.3 is 10.0 Å². The van der Waals surface area contributed by atoms with Gasteiger partial charge in [0, 0.05) is 6.54 Å². The topological polar surface area (TPSA) is 23.5 Å². The average molecular weight is 241 g/mol. The Morgan fingerprint density at radius 3 is 2.65 bits per heavy atom. The highest BCUT2D eigenvalue weighted by Crippen LogP contribution is 2.28. The predicted molar refractivity (Wildman–Crippen MR) is 74.2 cm³/mol. The second kappa shape index (κ2) is 7.38. The van der Waals surface area contributed by atoms with Crippen molar-refractivity contribution in [3.63, 3.8) is 0 Å². The van der Waals surface area contributed by atoms with Crippen molar-refractivity contribution in [3.05, 3.63) is 0 Å². The second-order valence-corrected chi connectivity index (χ2v) is 6.21. The highest BCUT2D eigenvalue weighted by Gasteiger charge is 2.29. The predicted octanol–water partition coefficient (Wildman–Crippen LogP) is 3.44. The maximum atomic E-state index is 10.6. The Kier molecular flexibility index (Phi) is 6.50. The van der Waals surface area contributed by atoms with Crippen LogP contribution in [-0.2, 0) is 0 Å². The lowest BCUT2D eigenvalue weighted by Crippen LogP contribution is -2.31. The molecule has 0 saturated carbocycles. The van der Waals surface area contributed by atoms with Crippen LogP contribution in [0.2, 0.25) is 0 Å². The lowest BCUT2D eigenvalue weighted by atomic mass is 9.88. The van der Waals surface area contributed by atoms with Crippen LogP contribution in [0.15, 0.2) is 0 Å². The van der Waals surface area contributed by atoms with Crippen molar-refractivity contribution in [1.29, 1.82) is 0 Å². The number of hydrogen-bond donors (Lipinski definition) is 1. The van der Waals surface area contributed by atoms with Crippen LogP contribution in [0.4, 0.5) is 0 Å². The minimum atomic E-state index is -0.364. The molecule has 0 bridgehead atoms. The standard InChI is InChI=1S/C15H31NO/c1-4-11-16-12-6-9-15(17,10-13-16)8-5-7-14(2)3/h14,17H,4-13H2,1-3H3. The van der Waals surface area contributed by atoms with Crippen LogP contribution >= 0.6 is 0 Å². The summed E-state index contributed by atoms with van der Waals surface area (Å²) in [6.45, 7) is 10.2. The van der Waals surface area contributed by atoms with Gasteiger partial charge >= 0.3 is 0 Å².